The van der Waals surface area contributed by atoms with E-state index in [1.807, 2.05) is 51.1 Å². The van der Waals surface area contributed by atoms with E-state index in [-0.39, 0.29) is 18.7 Å². The molecule has 1 fully saturated rings. The number of likely N-dealkylation sites (tertiary alicyclic amines) is 1. The Kier molecular flexibility index (Phi) is 8.05. The van der Waals surface area contributed by atoms with E-state index in [0.29, 0.717) is 12.2 Å². The van der Waals surface area contributed by atoms with Gasteiger partial charge in [0.15, 0.2) is 0 Å². The molecule has 2 aromatic rings. The Morgan fingerprint density at radius 2 is 1.91 bits per heavy atom. The molecule has 4 nitrogen and oxygen atoms in total. The van der Waals surface area contributed by atoms with Gasteiger partial charge >= 0.3 is 5.97 Å². The Labute approximate surface area is 214 Å². The Hall–Kier alpha value is -1.83. The van der Waals surface area contributed by atoms with Crippen LogP contribution in [0.15, 0.2) is 51.8 Å². The van der Waals surface area contributed by atoms with Crippen LogP contribution in [-0.2, 0) is 4.79 Å². The van der Waals surface area contributed by atoms with Gasteiger partial charge in [0.2, 0.25) is 0 Å². The minimum atomic E-state index is -0.549. The molecule has 34 heavy (non-hydrogen) atoms. The van der Waals surface area contributed by atoms with E-state index in [1.165, 1.54) is 0 Å². The van der Waals surface area contributed by atoms with Gasteiger partial charge in [0.1, 0.15) is 17.6 Å². The molecule has 2 aliphatic rings. The van der Waals surface area contributed by atoms with Gasteiger partial charge in [-0.3, -0.25) is 14.1 Å². The van der Waals surface area contributed by atoms with Crippen molar-refractivity contribution in [3.05, 3.63) is 58.1 Å². The van der Waals surface area contributed by atoms with Crippen molar-refractivity contribution in [1.82, 2.24) is 4.90 Å². The van der Waals surface area contributed by atoms with Crippen LogP contribution in [0.4, 0.5) is 4.39 Å². The van der Waals surface area contributed by atoms with Crippen LogP contribution in [0.25, 0.3) is 5.57 Å². The summed E-state index contributed by atoms with van der Waals surface area (Å²) in [4.78, 5) is 15.6. The molecule has 4 rings (SSSR count). The van der Waals surface area contributed by atoms with Crippen LogP contribution in [0.5, 0.6) is 11.5 Å². The molecule has 182 valence electrons. The van der Waals surface area contributed by atoms with Gasteiger partial charge in [-0.05, 0) is 75.1 Å². The average molecular weight is 549 g/mol. The van der Waals surface area contributed by atoms with Crippen molar-refractivity contribution in [2.24, 2.45) is 5.41 Å². The molecule has 0 spiro atoms. The number of esters is 1. The van der Waals surface area contributed by atoms with Gasteiger partial charge in [-0.1, -0.05) is 28.1 Å². The van der Waals surface area contributed by atoms with Gasteiger partial charge in [-0.2, -0.15) is 0 Å². The van der Waals surface area contributed by atoms with E-state index >= 15 is 0 Å². The summed E-state index contributed by atoms with van der Waals surface area (Å²) in [7, 11) is 0. The summed E-state index contributed by atoms with van der Waals surface area (Å²) in [6.45, 7) is 7.90. The summed E-state index contributed by atoms with van der Waals surface area (Å²) in [5.41, 5.74) is 2.82. The van der Waals surface area contributed by atoms with Crippen LogP contribution in [-0.4, -0.2) is 49.0 Å². The predicted octanol–water partition coefficient (Wildman–Crippen LogP) is 6.71. The molecule has 1 saturated heterocycles. The highest BCUT2D eigenvalue weighted by Gasteiger charge is 2.26. The van der Waals surface area contributed by atoms with E-state index in [1.54, 1.807) is 11.8 Å². The third-order valence-electron chi connectivity index (χ3n) is 5.95. The third-order valence-corrected chi connectivity index (χ3v) is 8.08. The second kappa shape index (κ2) is 10.8. The summed E-state index contributed by atoms with van der Waals surface area (Å²) in [6, 6.07) is 14.1. The zero-order valence-corrected chi connectivity index (χ0v) is 22.3. The highest BCUT2D eigenvalue weighted by molar-refractivity contribution is 9.12. The van der Waals surface area contributed by atoms with E-state index in [9.17, 15) is 9.18 Å². The monoisotopic (exact) mass is 547 g/mol. The Morgan fingerprint density at radius 3 is 2.62 bits per heavy atom. The first-order valence-corrected chi connectivity index (χ1v) is 13.5. The molecule has 0 radical (unpaired) electrons. The third kappa shape index (κ3) is 6.04. The van der Waals surface area contributed by atoms with Gasteiger partial charge in [0.05, 0.1) is 12.1 Å². The van der Waals surface area contributed by atoms with E-state index in [0.717, 1.165) is 63.6 Å². The number of carbonyl (C=O) groups is 1. The molecule has 0 N–H and O–H groups in total. The molecule has 1 unspecified atom stereocenters. The molecule has 0 saturated carbocycles. The lowest BCUT2D eigenvalue weighted by Crippen LogP contribution is -2.26. The fourth-order valence-corrected chi connectivity index (χ4v) is 5.83. The van der Waals surface area contributed by atoms with Crippen LogP contribution in [0.2, 0.25) is 0 Å². The lowest BCUT2D eigenvalue weighted by molar-refractivity contribution is -0.143. The number of hydrogen-bond donors (Lipinski definition) is 0. The highest BCUT2D eigenvalue weighted by Crippen LogP contribution is 2.44. The van der Waals surface area contributed by atoms with Crippen LogP contribution < -0.4 is 9.47 Å². The van der Waals surface area contributed by atoms with Crippen molar-refractivity contribution in [2.75, 3.05) is 32.1 Å². The minimum Gasteiger partial charge on any atom is -0.489 e. The van der Waals surface area contributed by atoms with Gasteiger partial charge in [-0.25, -0.2) is 0 Å². The summed E-state index contributed by atoms with van der Waals surface area (Å²) < 4.78 is 25.4. The Morgan fingerprint density at radius 1 is 1.18 bits per heavy atom. The van der Waals surface area contributed by atoms with Crippen LogP contribution in [0.3, 0.4) is 0 Å². The number of alkyl halides is 1. The van der Waals surface area contributed by atoms with Crippen LogP contribution in [0, 0.1) is 5.41 Å². The van der Waals surface area contributed by atoms with Gasteiger partial charge in [0.25, 0.3) is 0 Å². The maximum Gasteiger partial charge on any atom is 0.316 e. The maximum atomic E-state index is 12.4. The predicted molar refractivity (Wildman–Crippen MR) is 140 cm³/mol. The number of fused-ring (bicyclic) bond motifs is 1. The Balaban J connectivity index is 1.47. The number of carbonyl (C=O) groups excluding carboxylic acids is 1. The van der Waals surface area contributed by atoms with Gasteiger partial charge < -0.3 is 9.47 Å². The van der Waals surface area contributed by atoms with Crippen molar-refractivity contribution in [3.63, 3.8) is 0 Å². The number of nitrogens with zero attached hydrogens (tertiary/aromatic N) is 1. The van der Waals surface area contributed by atoms with E-state index in [2.05, 4.69) is 33.0 Å². The van der Waals surface area contributed by atoms with Crippen molar-refractivity contribution in [2.45, 2.75) is 44.6 Å². The molecule has 1 atom stereocenters. The lowest BCUT2D eigenvalue weighted by Gasteiger charge is -2.22. The number of ether oxygens (including phenoxy) is 2. The number of benzene rings is 2. The van der Waals surface area contributed by atoms with Crippen LogP contribution in [0.1, 0.15) is 44.7 Å². The second-order valence-electron chi connectivity index (χ2n) is 9.76. The SMILES string of the molecule is CC(C)(C)C(=O)Oc1ccc2c(c1)SCC(Br)=C2c1ccc(OC2CCN(CCCF)C2)cc1. The van der Waals surface area contributed by atoms with E-state index < -0.39 is 5.41 Å². The molecular weight excluding hydrogens is 517 g/mol. The molecule has 0 amide bonds. The first-order chi connectivity index (χ1) is 16.2. The number of hydrogen-bond acceptors (Lipinski definition) is 5. The average Bonchev–Trinajstić information content (AvgIpc) is 3.25. The molecule has 2 heterocycles. The highest BCUT2D eigenvalue weighted by atomic mass is 79.9. The molecule has 0 aliphatic carbocycles. The molecule has 0 aromatic heterocycles. The van der Waals surface area contributed by atoms with Crippen molar-refractivity contribution in [3.8, 4) is 11.5 Å². The fraction of sp³-hybridized carbons (Fsp3) is 0.444. The molecule has 2 aliphatic heterocycles. The number of thioether (sulfide) groups is 1. The maximum absolute atomic E-state index is 12.4. The Bertz CT molecular complexity index is 1060. The summed E-state index contributed by atoms with van der Waals surface area (Å²) in [6.07, 6.45) is 1.71. The molecule has 2 aromatic carbocycles. The quantitative estimate of drug-likeness (QED) is 0.284. The standard InChI is InChI=1S/C27H31BrFNO3S/c1-27(2,3)26(31)33-20-9-10-22-24(15-20)34-17-23(28)25(22)18-5-7-19(8-6-18)32-21-11-14-30(16-21)13-4-12-29/h5-10,15,21H,4,11-14,16-17H2,1-3H3. The zero-order valence-electron chi connectivity index (χ0n) is 19.9. The number of halogens is 2. The van der Waals surface area contributed by atoms with Crippen molar-refractivity contribution in [1.29, 1.82) is 0 Å². The van der Waals surface area contributed by atoms with Gasteiger partial charge in [-0.15, -0.1) is 11.8 Å². The van der Waals surface area contributed by atoms with Crippen molar-refractivity contribution < 1.29 is 18.7 Å². The summed E-state index contributed by atoms with van der Waals surface area (Å²) >= 11 is 5.50. The molecule has 7 heteroatoms. The summed E-state index contributed by atoms with van der Waals surface area (Å²) in [5, 5.41) is 0. The molecule has 0 bridgehead atoms. The second-order valence-corrected chi connectivity index (χ2v) is 11.7. The largest absolute Gasteiger partial charge is 0.489 e. The molecular formula is C27H31BrFNO3S. The smallest absolute Gasteiger partial charge is 0.316 e. The van der Waals surface area contributed by atoms with Crippen molar-refractivity contribution >= 4 is 39.2 Å². The lowest BCUT2D eigenvalue weighted by atomic mass is 9.96. The first kappa shape index (κ1) is 25.3. The van der Waals surface area contributed by atoms with Gasteiger partial charge in [0, 0.05) is 40.3 Å². The summed E-state index contributed by atoms with van der Waals surface area (Å²) in [5.74, 6) is 2.00. The van der Waals surface area contributed by atoms with E-state index in [4.69, 9.17) is 9.47 Å². The zero-order chi connectivity index (χ0) is 24.3. The topological polar surface area (TPSA) is 38.8 Å². The normalized spacial score (nSPS) is 18.7. The minimum absolute atomic E-state index is 0.150. The first-order valence-electron chi connectivity index (χ1n) is 11.7. The van der Waals surface area contributed by atoms with Crippen LogP contribution >= 0.6 is 27.7 Å². The fourth-order valence-electron chi connectivity index (χ4n) is 4.10. The number of rotatable bonds is 7.